The molecule has 0 aliphatic carbocycles. The molecule has 1 atom stereocenters. The van der Waals surface area contributed by atoms with Crippen LogP contribution in [0.2, 0.25) is 5.02 Å². The molecule has 110 valence electrons. The molecule has 0 saturated carbocycles. The van der Waals surface area contributed by atoms with Crippen molar-refractivity contribution in [1.82, 2.24) is 9.62 Å². The van der Waals surface area contributed by atoms with Crippen molar-refractivity contribution in [3.63, 3.8) is 0 Å². The van der Waals surface area contributed by atoms with Gasteiger partial charge in [0.2, 0.25) is 15.9 Å². The number of sulfonamides is 1. The second kappa shape index (κ2) is 5.59. The van der Waals surface area contributed by atoms with E-state index in [0.717, 1.165) is 0 Å². The first-order valence-corrected chi connectivity index (χ1v) is 7.79. The summed E-state index contributed by atoms with van der Waals surface area (Å²) < 4.78 is 31.9. The Morgan fingerprint density at radius 1 is 1.45 bits per heavy atom. The first-order valence-electron chi connectivity index (χ1n) is 5.93. The van der Waals surface area contributed by atoms with Crippen LogP contribution in [0.4, 0.5) is 0 Å². The van der Waals surface area contributed by atoms with Gasteiger partial charge in [-0.15, -0.1) is 0 Å². The van der Waals surface area contributed by atoms with E-state index >= 15 is 0 Å². The van der Waals surface area contributed by atoms with Gasteiger partial charge in [0.25, 0.3) is 0 Å². The molecular weight excluding hydrogens is 304 g/mol. The van der Waals surface area contributed by atoms with E-state index in [1.165, 1.54) is 30.2 Å². The summed E-state index contributed by atoms with van der Waals surface area (Å²) >= 11 is 5.92. The molecule has 0 spiro atoms. The maximum atomic E-state index is 12.2. The topological polar surface area (TPSA) is 75.7 Å². The summed E-state index contributed by atoms with van der Waals surface area (Å²) in [5.74, 6) is 0.326. The van der Waals surface area contributed by atoms with Crippen molar-refractivity contribution in [1.29, 1.82) is 0 Å². The maximum absolute atomic E-state index is 12.2. The Balaban J connectivity index is 2.19. The third-order valence-electron chi connectivity index (χ3n) is 3.10. The van der Waals surface area contributed by atoms with E-state index in [1.807, 2.05) is 0 Å². The van der Waals surface area contributed by atoms with E-state index in [1.54, 1.807) is 7.05 Å². The third-order valence-corrected chi connectivity index (χ3v) is 4.91. The van der Waals surface area contributed by atoms with Gasteiger partial charge < -0.3 is 9.64 Å². The molecule has 1 N–H and O–H groups in total. The molecule has 1 aliphatic rings. The van der Waals surface area contributed by atoms with Gasteiger partial charge >= 0.3 is 0 Å². The number of benzene rings is 1. The average Bonchev–Trinajstić information content (AvgIpc) is 2.67. The van der Waals surface area contributed by atoms with Gasteiger partial charge in [0.05, 0.1) is 17.0 Å². The van der Waals surface area contributed by atoms with Crippen molar-refractivity contribution in [2.75, 3.05) is 20.7 Å². The van der Waals surface area contributed by atoms with E-state index in [0.29, 0.717) is 12.3 Å². The molecule has 1 heterocycles. The number of amides is 1. The molecule has 1 saturated heterocycles. The van der Waals surface area contributed by atoms with Gasteiger partial charge in [0, 0.05) is 26.1 Å². The van der Waals surface area contributed by atoms with Crippen LogP contribution in [0.15, 0.2) is 23.1 Å². The number of hydrogen-bond acceptors (Lipinski definition) is 4. The number of likely N-dealkylation sites (N-methyl/N-ethyl adjacent to an activating group) is 1. The highest BCUT2D eigenvalue weighted by Gasteiger charge is 2.30. The Morgan fingerprint density at radius 2 is 2.15 bits per heavy atom. The van der Waals surface area contributed by atoms with Crippen LogP contribution in [-0.2, 0) is 14.8 Å². The summed E-state index contributed by atoms with van der Waals surface area (Å²) in [4.78, 5) is 12.9. The number of halogens is 1. The van der Waals surface area contributed by atoms with Gasteiger partial charge in [-0.3, -0.25) is 4.79 Å². The number of hydrogen-bond donors (Lipinski definition) is 1. The van der Waals surface area contributed by atoms with E-state index in [-0.39, 0.29) is 22.2 Å². The molecule has 0 aromatic heterocycles. The quantitative estimate of drug-likeness (QED) is 0.893. The normalized spacial score (nSPS) is 19.4. The highest BCUT2D eigenvalue weighted by atomic mass is 35.5. The summed E-state index contributed by atoms with van der Waals surface area (Å²) in [5.41, 5.74) is 0. The monoisotopic (exact) mass is 318 g/mol. The van der Waals surface area contributed by atoms with E-state index in [9.17, 15) is 13.2 Å². The third kappa shape index (κ3) is 3.05. The number of nitrogens with one attached hydrogen (secondary N) is 1. The van der Waals surface area contributed by atoms with Crippen molar-refractivity contribution in [2.24, 2.45) is 0 Å². The first kappa shape index (κ1) is 15.1. The Bertz CT molecular complexity index is 632. The number of rotatable bonds is 4. The lowest BCUT2D eigenvalue weighted by Crippen LogP contribution is -2.36. The number of nitrogens with zero attached hydrogens (tertiary/aromatic N) is 1. The lowest BCUT2D eigenvalue weighted by Gasteiger charge is -2.13. The van der Waals surface area contributed by atoms with Gasteiger partial charge in [-0.1, -0.05) is 11.6 Å². The zero-order valence-electron chi connectivity index (χ0n) is 11.1. The molecule has 8 heteroatoms. The zero-order valence-corrected chi connectivity index (χ0v) is 12.7. The number of carbonyl (C=O) groups is 1. The molecule has 1 unspecified atom stereocenters. The number of carbonyl (C=O) groups excluding carboxylic acids is 1. The highest BCUT2D eigenvalue weighted by Crippen LogP contribution is 2.27. The molecule has 20 heavy (non-hydrogen) atoms. The van der Waals surface area contributed by atoms with Crippen LogP contribution in [0.5, 0.6) is 5.75 Å². The summed E-state index contributed by atoms with van der Waals surface area (Å²) in [6.07, 6.45) is 0.166. The summed E-state index contributed by atoms with van der Waals surface area (Å²) in [6.45, 7) is 0.363. The lowest BCUT2D eigenvalue weighted by atomic mass is 10.3. The Labute approximate surface area is 122 Å². The average molecular weight is 319 g/mol. The molecular formula is C12H15ClN2O4S. The van der Waals surface area contributed by atoms with Gasteiger partial charge in [-0.25, -0.2) is 13.1 Å². The summed E-state index contributed by atoms with van der Waals surface area (Å²) in [7, 11) is -0.615. The minimum atomic E-state index is -3.71. The number of methoxy groups -OCH3 is 1. The molecule has 1 aromatic carbocycles. The van der Waals surface area contributed by atoms with Crippen LogP contribution >= 0.6 is 11.6 Å². The molecule has 1 fully saturated rings. The van der Waals surface area contributed by atoms with Crippen molar-refractivity contribution in [3.05, 3.63) is 23.2 Å². The largest absolute Gasteiger partial charge is 0.495 e. The zero-order chi connectivity index (χ0) is 14.9. The summed E-state index contributed by atoms with van der Waals surface area (Å²) in [6, 6.07) is 3.80. The predicted octanol–water partition coefficient (Wildman–Crippen LogP) is 0.858. The SMILES string of the molecule is COc1ccc(S(=O)(=O)NC2CC(=O)N(C)C2)cc1Cl. The number of likely N-dealkylation sites (tertiary alicyclic amines) is 1. The minimum Gasteiger partial charge on any atom is -0.495 e. The second-order valence-corrected chi connectivity index (χ2v) is 6.71. The molecule has 0 bridgehead atoms. The van der Waals surface area contributed by atoms with E-state index in [4.69, 9.17) is 16.3 Å². The van der Waals surface area contributed by atoms with Gasteiger partial charge in [-0.05, 0) is 18.2 Å². The van der Waals surface area contributed by atoms with Gasteiger partial charge in [0.15, 0.2) is 0 Å². The maximum Gasteiger partial charge on any atom is 0.240 e. The van der Waals surface area contributed by atoms with E-state index < -0.39 is 16.1 Å². The van der Waals surface area contributed by atoms with Crippen molar-refractivity contribution in [3.8, 4) is 5.75 Å². The van der Waals surface area contributed by atoms with Crippen LogP contribution in [-0.4, -0.2) is 46.0 Å². The fourth-order valence-corrected chi connectivity index (χ4v) is 3.62. The number of ether oxygens (including phenoxy) is 1. The summed E-state index contributed by atoms with van der Waals surface area (Å²) in [5, 5.41) is 0.218. The van der Waals surface area contributed by atoms with E-state index in [2.05, 4.69) is 4.72 Å². The molecule has 1 aromatic rings. The van der Waals surface area contributed by atoms with Crippen LogP contribution in [0.25, 0.3) is 0 Å². The smallest absolute Gasteiger partial charge is 0.240 e. The van der Waals surface area contributed by atoms with Crippen LogP contribution < -0.4 is 9.46 Å². The molecule has 6 nitrogen and oxygen atoms in total. The molecule has 2 rings (SSSR count). The van der Waals surface area contributed by atoms with Crippen molar-refractivity contribution < 1.29 is 17.9 Å². The standard InChI is InChI=1S/C12H15ClN2O4S/c1-15-7-8(5-12(15)16)14-20(17,18)9-3-4-11(19-2)10(13)6-9/h3-4,6,8,14H,5,7H2,1-2H3. The molecule has 1 amide bonds. The minimum absolute atomic E-state index is 0.0466. The van der Waals surface area contributed by atoms with Crippen LogP contribution in [0, 0.1) is 0 Å². The molecule has 1 aliphatic heterocycles. The van der Waals surface area contributed by atoms with Crippen LogP contribution in [0.3, 0.4) is 0 Å². The fourth-order valence-electron chi connectivity index (χ4n) is 2.04. The van der Waals surface area contributed by atoms with Crippen molar-refractivity contribution in [2.45, 2.75) is 17.4 Å². The van der Waals surface area contributed by atoms with Gasteiger partial charge in [0.1, 0.15) is 5.75 Å². The Morgan fingerprint density at radius 3 is 2.65 bits per heavy atom. The fraction of sp³-hybridized carbons (Fsp3) is 0.417. The second-order valence-electron chi connectivity index (χ2n) is 4.59. The van der Waals surface area contributed by atoms with Crippen LogP contribution in [0.1, 0.15) is 6.42 Å². The van der Waals surface area contributed by atoms with Gasteiger partial charge in [-0.2, -0.15) is 0 Å². The van der Waals surface area contributed by atoms with Crippen molar-refractivity contribution >= 4 is 27.5 Å². The predicted molar refractivity (Wildman–Crippen MR) is 74.4 cm³/mol. The Hall–Kier alpha value is -1.31. The highest BCUT2D eigenvalue weighted by molar-refractivity contribution is 7.89. The Kier molecular flexibility index (Phi) is 4.22. The first-order chi connectivity index (χ1) is 9.33. The lowest BCUT2D eigenvalue weighted by molar-refractivity contribution is -0.126. The molecule has 0 radical (unpaired) electrons.